The minimum absolute atomic E-state index is 0. The van der Waals surface area contributed by atoms with E-state index in [1.54, 1.807) is 24.0 Å². The number of carbonyl (C=O) groups excluding carboxylic acids is 2. The highest BCUT2D eigenvalue weighted by Gasteiger charge is 2.29. The predicted octanol–water partition coefficient (Wildman–Crippen LogP) is 1.25. The van der Waals surface area contributed by atoms with Crippen LogP contribution >= 0.6 is 12.4 Å². The maximum atomic E-state index is 12.6. The molecule has 1 fully saturated rings. The molecule has 0 radical (unpaired) electrons. The Balaban J connectivity index is 0.00000312. The SMILES string of the molecule is Cc1ccc(C(=O)N2CCCC(C(=O)NCCN)C2)cc1[N+](=O)[O-].Cl. The zero-order valence-corrected chi connectivity index (χ0v) is 14.9. The van der Waals surface area contributed by atoms with Crippen LogP contribution in [0.5, 0.6) is 0 Å². The number of rotatable bonds is 5. The maximum Gasteiger partial charge on any atom is 0.273 e. The molecule has 2 amide bonds. The van der Waals surface area contributed by atoms with Gasteiger partial charge >= 0.3 is 0 Å². The average molecular weight is 371 g/mol. The van der Waals surface area contributed by atoms with Crippen LogP contribution in [0.1, 0.15) is 28.8 Å². The minimum atomic E-state index is -0.495. The van der Waals surface area contributed by atoms with Crippen molar-refractivity contribution in [2.75, 3.05) is 26.2 Å². The Labute approximate surface area is 152 Å². The topological polar surface area (TPSA) is 119 Å². The second-order valence-electron chi connectivity index (χ2n) is 5.93. The lowest BCUT2D eigenvalue weighted by atomic mass is 9.96. The Morgan fingerprint density at radius 2 is 2.16 bits per heavy atom. The lowest BCUT2D eigenvalue weighted by molar-refractivity contribution is -0.385. The molecule has 2 rings (SSSR count). The Morgan fingerprint density at radius 1 is 1.44 bits per heavy atom. The molecule has 1 unspecified atom stereocenters. The second kappa shape index (κ2) is 9.33. The van der Waals surface area contributed by atoms with Gasteiger partial charge in [-0.05, 0) is 25.8 Å². The lowest BCUT2D eigenvalue weighted by Crippen LogP contribution is -2.46. The first-order valence-electron chi connectivity index (χ1n) is 7.96. The molecule has 1 heterocycles. The van der Waals surface area contributed by atoms with Gasteiger partial charge in [-0.25, -0.2) is 0 Å². The molecule has 0 saturated carbocycles. The summed E-state index contributed by atoms with van der Waals surface area (Å²) in [6.45, 7) is 3.27. The molecule has 9 heteroatoms. The third-order valence-electron chi connectivity index (χ3n) is 4.18. The van der Waals surface area contributed by atoms with Crippen LogP contribution in [0.3, 0.4) is 0 Å². The number of benzene rings is 1. The number of hydrogen-bond donors (Lipinski definition) is 2. The Morgan fingerprint density at radius 3 is 2.80 bits per heavy atom. The van der Waals surface area contributed by atoms with E-state index < -0.39 is 4.92 Å². The van der Waals surface area contributed by atoms with Crippen molar-refractivity contribution in [3.8, 4) is 0 Å². The van der Waals surface area contributed by atoms with Gasteiger partial charge < -0.3 is 16.0 Å². The minimum Gasteiger partial charge on any atom is -0.355 e. The van der Waals surface area contributed by atoms with Crippen LogP contribution < -0.4 is 11.1 Å². The van der Waals surface area contributed by atoms with Gasteiger partial charge in [0, 0.05) is 43.4 Å². The molecule has 25 heavy (non-hydrogen) atoms. The molecule has 1 aliphatic rings. The van der Waals surface area contributed by atoms with E-state index >= 15 is 0 Å². The van der Waals surface area contributed by atoms with E-state index in [2.05, 4.69) is 5.32 Å². The zero-order chi connectivity index (χ0) is 17.7. The number of amides is 2. The molecule has 1 aromatic rings. The molecule has 0 aliphatic carbocycles. The van der Waals surface area contributed by atoms with Gasteiger partial charge in [0.2, 0.25) is 5.91 Å². The number of aryl methyl sites for hydroxylation is 1. The molecular formula is C16H23ClN4O4. The van der Waals surface area contributed by atoms with Crippen molar-refractivity contribution in [2.24, 2.45) is 11.7 Å². The zero-order valence-electron chi connectivity index (χ0n) is 14.1. The smallest absolute Gasteiger partial charge is 0.273 e. The fourth-order valence-corrected chi connectivity index (χ4v) is 2.84. The highest BCUT2D eigenvalue weighted by molar-refractivity contribution is 5.95. The van der Waals surface area contributed by atoms with Crippen molar-refractivity contribution in [3.63, 3.8) is 0 Å². The van der Waals surface area contributed by atoms with Gasteiger partial charge in [0.1, 0.15) is 0 Å². The summed E-state index contributed by atoms with van der Waals surface area (Å²) in [5.41, 5.74) is 6.08. The Hall–Kier alpha value is -2.19. The third kappa shape index (κ3) is 5.14. The number of halogens is 1. The molecule has 0 spiro atoms. The van der Waals surface area contributed by atoms with Crippen LogP contribution in [0.2, 0.25) is 0 Å². The number of nitro groups is 1. The number of hydrogen-bond acceptors (Lipinski definition) is 5. The first-order chi connectivity index (χ1) is 11.4. The molecule has 1 atom stereocenters. The molecule has 8 nitrogen and oxygen atoms in total. The molecule has 138 valence electrons. The molecule has 0 aromatic heterocycles. The van der Waals surface area contributed by atoms with Gasteiger partial charge in [0.05, 0.1) is 10.8 Å². The first kappa shape index (κ1) is 20.9. The van der Waals surface area contributed by atoms with E-state index in [1.807, 2.05) is 0 Å². The van der Waals surface area contributed by atoms with Gasteiger partial charge in [0.15, 0.2) is 0 Å². The summed E-state index contributed by atoms with van der Waals surface area (Å²) < 4.78 is 0. The van der Waals surface area contributed by atoms with Crippen molar-refractivity contribution in [1.29, 1.82) is 0 Å². The second-order valence-corrected chi connectivity index (χ2v) is 5.93. The summed E-state index contributed by atoms with van der Waals surface area (Å²) in [5, 5.41) is 13.8. The molecule has 3 N–H and O–H groups in total. The summed E-state index contributed by atoms with van der Waals surface area (Å²) in [5.74, 6) is -0.656. The molecule has 1 saturated heterocycles. The van der Waals surface area contributed by atoms with Gasteiger partial charge in [0.25, 0.3) is 11.6 Å². The number of nitrogens with two attached hydrogens (primary N) is 1. The van der Waals surface area contributed by atoms with Crippen molar-refractivity contribution in [3.05, 3.63) is 39.4 Å². The third-order valence-corrected chi connectivity index (χ3v) is 4.18. The number of nitrogens with zero attached hydrogens (tertiary/aromatic N) is 2. The highest BCUT2D eigenvalue weighted by atomic mass is 35.5. The average Bonchev–Trinajstić information content (AvgIpc) is 2.59. The lowest BCUT2D eigenvalue weighted by Gasteiger charge is -2.32. The number of piperidine rings is 1. The summed E-state index contributed by atoms with van der Waals surface area (Å²) in [4.78, 5) is 36.8. The van der Waals surface area contributed by atoms with E-state index in [1.165, 1.54) is 6.07 Å². The van der Waals surface area contributed by atoms with E-state index in [9.17, 15) is 19.7 Å². The van der Waals surface area contributed by atoms with E-state index in [4.69, 9.17) is 5.73 Å². The van der Waals surface area contributed by atoms with Crippen LogP contribution in [-0.4, -0.2) is 47.8 Å². The van der Waals surface area contributed by atoms with E-state index in [0.29, 0.717) is 38.2 Å². The van der Waals surface area contributed by atoms with Gasteiger partial charge in [-0.2, -0.15) is 0 Å². The fraction of sp³-hybridized carbons (Fsp3) is 0.500. The van der Waals surface area contributed by atoms with Crippen molar-refractivity contribution in [1.82, 2.24) is 10.2 Å². The van der Waals surface area contributed by atoms with Gasteiger partial charge in [-0.1, -0.05) is 6.07 Å². The van der Waals surface area contributed by atoms with Crippen molar-refractivity contribution >= 4 is 29.9 Å². The highest BCUT2D eigenvalue weighted by Crippen LogP contribution is 2.23. The largest absolute Gasteiger partial charge is 0.355 e. The predicted molar refractivity (Wildman–Crippen MR) is 95.8 cm³/mol. The quantitative estimate of drug-likeness (QED) is 0.597. The molecular weight excluding hydrogens is 348 g/mol. The Kier molecular flexibility index (Phi) is 7.79. The van der Waals surface area contributed by atoms with Gasteiger partial charge in [-0.3, -0.25) is 19.7 Å². The standard InChI is InChI=1S/C16H22N4O4.ClH/c1-11-4-5-12(9-14(11)20(23)24)16(22)19-8-2-3-13(10-19)15(21)18-7-6-17;/h4-5,9,13H,2-3,6-8,10,17H2,1H3,(H,18,21);1H. The molecule has 0 bridgehead atoms. The summed E-state index contributed by atoms with van der Waals surface area (Å²) in [6.07, 6.45) is 1.44. The maximum absolute atomic E-state index is 12.6. The summed E-state index contributed by atoms with van der Waals surface area (Å²) in [6, 6.07) is 4.46. The van der Waals surface area contributed by atoms with Gasteiger partial charge in [-0.15, -0.1) is 12.4 Å². The Bertz CT molecular complexity index is 653. The number of likely N-dealkylation sites (tertiary alicyclic amines) is 1. The van der Waals surface area contributed by atoms with Crippen molar-refractivity contribution < 1.29 is 14.5 Å². The first-order valence-corrected chi connectivity index (χ1v) is 7.96. The van der Waals surface area contributed by atoms with Crippen LogP contribution in [0, 0.1) is 23.0 Å². The monoisotopic (exact) mass is 370 g/mol. The summed E-state index contributed by atoms with van der Waals surface area (Å²) in [7, 11) is 0. The van der Waals surface area contributed by atoms with E-state index in [-0.39, 0.29) is 41.4 Å². The normalized spacial score (nSPS) is 16.7. The van der Waals surface area contributed by atoms with Crippen LogP contribution in [0.25, 0.3) is 0 Å². The molecule has 1 aliphatic heterocycles. The van der Waals surface area contributed by atoms with Crippen LogP contribution in [0.15, 0.2) is 18.2 Å². The fourth-order valence-electron chi connectivity index (χ4n) is 2.84. The molecule has 1 aromatic carbocycles. The van der Waals surface area contributed by atoms with Crippen LogP contribution in [0.4, 0.5) is 5.69 Å². The number of nitrogens with one attached hydrogen (secondary N) is 1. The van der Waals surface area contributed by atoms with E-state index in [0.717, 1.165) is 6.42 Å². The van der Waals surface area contributed by atoms with Crippen molar-refractivity contribution in [2.45, 2.75) is 19.8 Å². The van der Waals surface area contributed by atoms with Crippen LogP contribution in [-0.2, 0) is 4.79 Å². The number of carbonyl (C=O) groups is 2. The number of nitro benzene ring substituents is 1. The summed E-state index contributed by atoms with van der Waals surface area (Å²) >= 11 is 0.